The molecule has 3 heterocycles. The highest BCUT2D eigenvalue weighted by Crippen LogP contribution is 2.20. The van der Waals surface area contributed by atoms with E-state index in [2.05, 4.69) is 34.6 Å². The molecule has 0 aliphatic carbocycles. The van der Waals surface area contributed by atoms with Gasteiger partial charge in [-0.25, -0.2) is 15.0 Å². The lowest BCUT2D eigenvalue weighted by atomic mass is 10.1. The normalized spacial score (nSPS) is 14.3. The first kappa shape index (κ1) is 14.1. The van der Waals surface area contributed by atoms with Crippen LogP contribution in [0.15, 0.2) is 49.1 Å². The Morgan fingerprint density at radius 2 is 1.91 bits per heavy atom. The zero-order valence-corrected chi connectivity index (χ0v) is 12.9. The van der Waals surface area contributed by atoms with Crippen LogP contribution in [0.2, 0.25) is 0 Å². The van der Waals surface area contributed by atoms with Gasteiger partial charge in [0.1, 0.15) is 18.0 Å². The Kier molecular flexibility index (Phi) is 3.86. The van der Waals surface area contributed by atoms with Gasteiger partial charge in [0, 0.05) is 37.3 Å². The fourth-order valence-corrected chi connectivity index (χ4v) is 3.03. The molecule has 5 nitrogen and oxygen atoms in total. The molecule has 0 amide bonds. The smallest absolute Gasteiger partial charge is 0.145 e. The van der Waals surface area contributed by atoms with Gasteiger partial charge in [0.15, 0.2) is 0 Å². The molecule has 116 valence electrons. The van der Waals surface area contributed by atoms with Crippen LogP contribution in [0, 0.1) is 0 Å². The monoisotopic (exact) mass is 305 g/mol. The second kappa shape index (κ2) is 6.30. The lowest BCUT2D eigenvalue weighted by Crippen LogP contribution is -2.16. The SMILES string of the molecule is c1ccc(Cc2nc3c(c(-n4ccnc4)n2)CCNCC3)cc1. The average molecular weight is 305 g/mol. The van der Waals surface area contributed by atoms with Crippen molar-refractivity contribution in [1.82, 2.24) is 24.8 Å². The van der Waals surface area contributed by atoms with E-state index in [1.54, 1.807) is 6.20 Å². The number of aromatic nitrogens is 4. The molecule has 0 unspecified atom stereocenters. The first-order valence-electron chi connectivity index (χ1n) is 8.02. The Hall–Kier alpha value is -2.53. The van der Waals surface area contributed by atoms with E-state index in [0.717, 1.165) is 44.0 Å². The molecule has 0 atom stereocenters. The third kappa shape index (κ3) is 3.00. The van der Waals surface area contributed by atoms with Crippen molar-refractivity contribution < 1.29 is 0 Å². The van der Waals surface area contributed by atoms with Crippen molar-refractivity contribution in [3.8, 4) is 5.82 Å². The number of hydrogen-bond donors (Lipinski definition) is 1. The highest BCUT2D eigenvalue weighted by atomic mass is 15.1. The van der Waals surface area contributed by atoms with Crippen LogP contribution in [0.4, 0.5) is 0 Å². The van der Waals surface area contributed by atoms with Gasteiger partial charge in [0.25, 0.3) is 0 Å². The second-order valence-corrected chi connectivity index (χ2v) is 5.77. The predicted octanol–water partition coefficient (Wildman–Crippen LogP) is 1.94. The molecular formula is C18H19N5. The van der Waals surface area contributed by atoms with Crippen LogP contribution in [0.1, 0.15) is 22.6 Å². The van der Waals surface area contributed by atoms with Crippen LogP contribution in [0.5, 0.6) is 0 Å². The van der Waals surface area contributed by atoms with Crippen molar-refractivity contribution in [2.24, 2.45) is 0 Å². The predicted molar refractivity (Wildman–Crippen MR) is 88.7 cm³/mol. The maximum Gasteiger partial charge on any atom is 0.145 e. The average Bonchev–Trinajstić information content (AvgIpc) is 3.01. The van der Waals surface area contributed by atoms with E-state index in [-0.39, 0.29) is 0 Å². The van der Waals surface area contributed by atoms with Crippen molar-refractivity contribution in [3.63, 3.8) is 0 Å². The summed E-state index contributed by atoms with van der Waals surface area (Å²) in [5.41, 5.74) is 3.64. The van der Waals surface area contributed by atoms with Gasteiger partial charge in [-0.1, -0.05) is 30.3 Å². The van der Waals surface area contributed by atoms with Crippen LogP contribution >= 0.6 is 0 Å². The molecule has 2 aromatic heterocycles. The van der Waals surface area contributed by atoms with Gasteiger partial charge in [0.2, 0.25) is 0 Å². The van der Waals surface area contributed by atoms with Crippen molar-refractivity contribution in [2.75, 3.05) is 13.1 Å². The summed E-state index contributed by atoms with van der Waals surface area (Å²) in [4.78, 5) is 13.9. The van der Waals surface area contributed by atoms with Gasteiger partial charge >= 0.3 is 0 Å². The molecule has 0 radical (unpaired) electrons. The fraction of sp³-hybridized carbons (Fsp3) is 0.278. The molecule has 0 fully saturated rings. The minimum absolute atomic E-state index is 0.753. The lowest BCUT2D eigenvalue weighted by molar-refractivity contribution is 0.707. The quantitative estimate of drug-likeness (QED) is 0.803. The summed E-state index contributed by atoms with van der Waals surface area (Å²) >= 11 is 0. The van der Waals surface area contributed by atoms with Crippen LogP contribution < -0.4 is 5.32 Å². The van der Waals surface area contributed by atoms with Crippen LogP contribution in [0.25, 0.3) is 5.82 Å². The molecule has 1 aliphatic heterocycles. The summed E-state index contributed by atoms with van der Waals surface area (Å²) in [6, 6.07) is 10.4. The third-order valence-electron chi connectivity index (χ3n) is 4.16. The summed E-state index contributed by atoms with van der Waals surface area (Å²) in [6.07, 6.45) is 8.21. The second-order valence-electron chi connectivity index (χ2n) is 5.77. The Balaban J connectivity index is 1.78. The molecule has 3 aromatic rings. The van der Waals surface area contributed by atoms with E-state index in [1.807, 2.05) is 23.2 Å². The zero-order chi connectivity index (χ0) is 15.5. The number of rotatable bonds is 3. The van der Waals surface area contributed by atoms with Gasteiger partial charge in [-0.2, -0.15) is 0 Å². The van der Waals surface area contributed by atoms with Gasteiger partial charge in [0.05, 0.1) is 5.69 Å². The van der Waals surface area contributed by atoms with Crippen LogP contribution in [-0.4, -0.2) is 32.6 Å². The van der Waals surface area contributed by atoms with E-state index in [0.29, 0.717) is 0 Å². The Morgan fingerprint density at radius 1 is 1.04 bits per heavy atom. The van der Waals surface area contributed by atoms with Crippen molar-refractivity contribution in [1.29, 1.82) is 0 Å². The highest BCUT2D eigenvalue weighted by Gasteiger charge is 2.17. The molecule has 0 saturated heterocycles. The summed E-state index contributed by atoms with van der Waals surface area (Å²) < 4.78 is 2.00. The number of nitrogens with zero attached hydrogens (tertiary/aromatic N) is 4. The first-order chi connectivity index (χ1) is 11.4. The number of hydrogen-bond acceptors (Lipinski definition) is 4. The minimum Gasteiger partial charge on any atom is -0.316 e. The molecule has 0 bridgehead atoms. The standard InChI is InChI=1S/C18H19N5/c1-2-4-14(5-3-1)12-17-21-16-7-9-19-8-6-15(16)18(22-17)23-11-10-20-13-23/h1-5,10-11,13,19H,6-9,12H2. The lowest BCUT2D eigenvalue weighted by Gasteiger charge is -2.13. The number of imidazole rings is 1. The molecular weight excluding hydrogens is 286 g/mol. The van der Waals surface area contributed by atoms with Gasteiger partial charge < -0.3 is 5.32 Å². The van der Waals surface area contributed by atoms with Crippen molar-refractivity contribution in [3.05, 3.63) is 71.7 Å². The Bertz CT molecular complexity index is 781. The van der Waals surface area contributed by atoms with Crippen molar-refractivity contribution in [2.45, 2.75) is 19.3 Å². The molecule has 0 spiro atoms. The summed E-state index contributed by atoms with van der Waals surface area (Å²) in [7, 11) is 0. The van der Waals surface area contributed by atoms with E-state index >= 15 is 0 Å². The molecule has 1 aromatic carbocycles. The topological polar surface area (TPSA) is 55.6 Å². The number of fused-ring (bicyclic) bond motifs is 1. The van der Waals surface area contributed by atoms with E-state index < -0.39 is 0 Å². The molecule has 4 rings (SSSR count). The maximum atomic E-state index is 4.85. The first-order valence-corrected chi connectivity index (χ1v) is 8.02. The number of nitrogens with one attached hydrogen (secondary N) is 1. The van der Waals surface area contributed by atoms with Gasteiger partial charge in [-0.05, 0) is 18.5 Å². The third-order valence-corrected chi connectivity index (χ3v) is 4.16. The molecule has 1 N–H and O–H groups in total. The number of benzene rings is 1. The van der Waals surface area contributed by atoms with E-state index in [9.17, 15) is 0 Å². The van der Waals surface area contributed by atoms with E-state index in [1.165, 1.54) is 16.8 Å². The van der Waals surface area contributed by atoms with Gasteiger partial charge in [-0.3, -0.25) is 4.57 Å². The molecule has 23 heavy (non-hydrogen) atoms. The summed E-state index contributed by atoms with van der Waals surface area (Å²) in [5.74, 6) is 1.85. The maximum absolute atomic E-state index is 4.85. The molecule has 0 saturated carbocycles. The largest absolute Gasteiger partial charge is 0.316 e. The van der Waals surface area contributed by atoms with Crippen molar-refractivity contribution >= 4 is 0 Å². The minimum atomic E-state index is 0.753. The zero-order valence-electron chi connectivity index (χ0n) is 12.9. The fourth-order valence-electron chi connectivity index (χ4n) is 3.03. The Morgan fingerprint density at radius 3 is 2.74 bits per heavy atom. The molecule has 5 heteroatoms. The van der Waals surface area contributed by atoms with Gasteiger partial charge in [-0.15, -0.1) is 0 Å². The highest BCUT2D eigenvalue weighted by molar-refractivity contribution is 5.39. The Labute approximate surface area is 135 Å². The van der Waals surface area contributed by atoms with Crippen LogP contribution in [0.3, 0.4) is 0 Å². The molecule has 1 aliphatic rings. The van der Waals surface area contributed by atoms with E-state index in [4.69, 9.17) is 9.97 Å². The summed E-state index contributed by atoms with van der Waals surface area (Å²) in [5, 5.41) is 3.44. The summed E-state index contributed by atoms with van der Waals surface area (Å²) in [6.45, 7) is 1.94. The van der Waals surface area contributed by atoms with Crippen LogP contribution in [-0.2, 0) is 19.3 Å².